The summed E-state index contributed by atoms with van der Waals surface area (Å²) in [6.45, 7) is 10.1. The zero-order valence-corrected chi connectivity index (χ0v) is 14.1. The molecule has 1 amide bonds. The van der Waals surface area contributed by atoms with Crippen molar-refractivity contribution in [2.75, 3.05) is 39.3 Å². The molecule has 3 unspecified atom stereocenters. The number of carbonyl (C=O) groups is 1. The van der Waals surface area contributed by atoms with Crippen LogP contribution in [0.3, 0.4) is 0 Å². The van der Waals surface area contributed by atoms with Crippen LogP contribution in [0.5, 0.6) is 0 Å². The smallest absolute Gasteiger partial charge is 0.228 e. The van der Waals surface area contributed by atoms with Crippen LogP contribution in [0.15, 0.2) is 12.2 Å². The molecule has 0 aromatic rings. The second-order valence-electron chi connectivity index (χ2n) is 7.38. The van der Waals surface area contributed by atoms with Crippen molar-refractivity contribution in [2.45, 2.75) is 45.6 Å². The molecule has 0 spiro atoms. The molecule has 0 aromatic carbocycles. The Kier molecular flexibility index (Phi) is 4.88. The second-order valence-corrected chi connectivity index (χ2v) is 7.38. The lowest BCUT2D eigenvalue weighted by atomic mass is 9.77. The Morgan fingerprint density at radius 2 is 2.18 bits per heavy atom. The topological polar surface area (TPSA) is 32.8 Å². The number of nitrogens with zero attached hydrogens (tertiary/aromatic N) is 2. The van der Waals surface area contributed by atoms with E-state index in [0.29, 0.717) is 11.8 Å². The molecule has 3 rings (SSSR count). The van der Waals surface area contributed by atoms with Crippen LogP contribution in [0.1, 0.15) is 39.5 Å². The van der Waals surface area contributed by atoms with Gasteiger partial charge in [-0.05, 0) is 32.2 Å². The van der Waals surface area contributed by atoms with Crippen molar-refractivity contribution < 1.29 is 9.53 Å². The van der Waals surface area contributed by atoms with Gasteiger partial charge in [0.15, 0.2) is 0 Å². The number of carbonyl (C=O) groups excluding carboxylic acids is 1. The number of allylic oxidation sites excluding steroid dienone is 2. The molecule has 4 heteroatoms. The second kappa shape index (κ2) is 6.71. The molecule has 3 aliphatic rings. The van der Waals surface area contributed by atoms with Gasteiger partial charge in [-0.15, -0.1) is 0 Å². The number of hydrogen-bond donors (Lipinski definition) is 0. The summed E-state index contributed by atoms with van der Waals surface area (Å²) < 4.78 is 6.09. The first-order valence-electron chi connectivity index (χ1n) is 8.91. The molecule has 0 saturated carbocycles. The van der Waals surface area contributed by atoms with Gasteiger partial charge in [0.1, 0.15) is 0 Å². The molecule has 2 aliphatic heterocycles. The van der Waals surface area contributed by atoms with E-state index in [-0.39, 0.29) is 11.5 Å². The minimum atomic E-state index is -0.193. The molecule has 124 valence electrons. The third-order valence-corrected chi connectivity index (χ3v) is 5.78. The normalized spacial score (nSPS) is 36.7. The van der Waals surface area contributed by atoms with E-state index in [1.54, 1.807) is 0 Å². The zero-order chi connectivity index (χ0) is 15.6. The van der Waals surface area contributed by atoms with Gasteiger partial charge in [-0.2, -0.15) is 0 Å². The van der Waals surface area contributed by atoms with E-state index < -0.39 is 0 Å². The molecule has 3 atom stereocenters. The van der Waals surface area contributed by atoms with Gasteiger partial charge in [-0.3, -0.25) is 4.79 Å². The fraction of sp³-hybridized carbons (Fsp3) is 0.833. The van der Waals surface area contributed by atoms with Crippen molar-refractivity contribution in [2.24, 2.45) is 11.3 Å². The van der Waals surface area contributed by atoms with E-state index in [1.807, 2.05) is 0 Å². The molecule has 0 aromatic heterocycles. The fourth-order valence-electron chi connectivity index (χ4n) is 4.13. The van der Waals surface area contributed by atoms with E-state index >= 15 is 0 Å². The number of fused-ring (bicyclic) bond motifs is 1. The predicted molar refractivity (Wildman–Crippen MR) is 87.6 cm³/mol. The third kappa shape index (κ3) is 3.23. The molecule has 2 saturated heterocycles. The maximum Gasteiger partial charge on any atom is 0.228 e. The Balaban J connectivity index is 1.64. The summed E-state index contributed by atoms with van der Waals surface area (Å²) in [6, 6.07) is 0. The average Bonchev–Trinajstić information content (AvgIpc) is 2.75. The molecule has 2 fully saturated rings. The van der Waals surface area contributed by atoms with Gasteiger partial charge in [-0.25, -0.2) is 0 Å². The fourth-order valence-corrected chi connectivity index (χ4v) is 4.13. The Morgan fingerprint density at radius 1 is 1.32 bits per heavy atom. The quantitative estimate of drug-likeness (QED) is 0.734. The van der Waals surface area contributed by atoms with Gasteiger partial charge in [-0.1, -0.05) is 26.0 Å². The number of likely N-dealkylation sites (tertiary alicyclic amines) is 1. The SMILES string of the molecule is CCN1CCOC2CN(C(=O)C3(C)CC=CCC3)CCC2C1. The van der Waals surface area contributed by atoms with Crippen LogP contribution >= 0.6 is 0 Å². The van der Waals surface area contributed by atoms with Crippen LogP contribution in [-0.4, -0.2) is 61.1 Å². The number of piperidine rings is 1. The van der Waals surface area contributed by atoms with E-state index in [1.165, 1.54) is 0 Å². The largest absolute Gasteiger partial charge is 0.375 e. The molecular formula is C18H30N2O2. The highest BCUT2D eigenvalue weighted by Crippen LogP contribution is 2.36. The van der Waals surface area contributed by atoms with Crippen molar-refractivity contribution in [3.63, 3.8) is 0 Å². The molecule has 22 heavy (non-hydrogen) atoms. The third-order valence-electron chi connectivity index (χ3n) is 5.78. The summed E-state index contributed by atoms with van der Waals surface area (Å²) in [5.74, 6) is 0.932. The first-order valence-corrected chi connectivity index (χ1v) is 8.91. The summed E-state index contributed by atoms with van der Waals surface area (Å²) in [6.07, 6.45) is 8.60. The summed E-state index contributed by atoms with van der Waals surface area (Å²) in [4.78, 5) is 17.5. The van der Waals surface area contributed by atoms with Gasteiger partial charge < -0.3 is 14.5 Å². The van der Waals surface area contributed by atoms with E-state index in [9.17, 15) is 4.79 Å². The summed E-state index contributed by atoms with van der Waals surface area (Å²) in [5, 5.41) is 0. The summed E-state index contributed by atoms with van der Waals surface area (Å²) in [7, 11) is 0. The molecule has 2 heterocycles. The monoisotopic (exact) mass is 306 g/mol. The first kappa shape index (κ1) is 16.0. The maximum absolute atomic E-state index is 13.0. The van der Waals surface area contributed by atoms with Crippen LogP contribution in [0.4, 0.5) is 0 Å². The average molecular weight is 306 g/mol. The van der Waals surface area contributed by atoms with Gasteiger partial charge in [0.05, 0.1) is 18.1 Å². The van der Waals surface area contributed by atoms with Gasteiger partial charge in [0.25, 0.3) is 0 Å². The van der Waals surface area contributed by atoms with E-state index in [2.05, 4.69) is 35.8 Å². The molecule has 0 N–H and O–H groups in total. The van der Waals surface area contributed by atoms with Gasteiger partial charge >= 0.3 is 0 Å². The lowest BCUT2D eigenvalue weighted by Gasteiger charge is -2.42. The van der Waals surface area contributed by atoms with Crippen molar-refractivity contribution in [3.8, 4) is 0 Å². The number of likely N-dealkylation sites (N-methyl/N-ethyl adjacent to an activating group) is 1. The Labute approximate surface area is 134 Å². The van der Waals surface area contributed by atoms with Crippen molar-refractivity contribution in [3.05, 3.63) is 12.2 Å². The highest BCUT2D eigenvalue weighted by Gasteiger charge is 2.41. The van der Waals surface area contributed by atoms with Crippen LogP contribution in [0.2, 0.25) is 0 Å². The Bertz CT molecular complexity index is 437. The van der Waals surface area contributed by atoms with Crippen molar-refractivity contribution in [1.29, 1.82) is 0 Å². The summed E-state index contributed by atoms with van der Waals surface area (Å²) in [5.41, 5.74) is -0.193. The van der Waals surface area contributed by atoms with E-state index in [0.717, 1.165) is 65.0 Å². The Morgan fingerprint density at radius 3 is 2.91 bits per heavy atom. The number of amides is 1. The Hall–Kier alpha value is -0.870. The highest BCUT2D eigenvalue weighted by atomic mass is 16.5. The zero-order valence-electron chi connectivity index (χ0n) is 14.1. The highest BCUT2D eigenvalue weighted by molar-refractivity contribution is 5.83. The lowest BCUT2D eigenvalue weighted by molar-refractivity contribution is -0.147. The van der Waals surface area contributed by atoms with Gasteiger partial charge in [0.2, 0.25) is 5.91 Å². The predicted octanol–water partition coefficient (Wildman–Crippen LogP) is 2.30. The number of hydrogen-bond acceptors (Lipinski definition) is 3. The lowest BCUT2D eigenvalue weighted by Crippen LogP contribution is -2.53. The van der Waals surface area contributed by atoms with Crippen LogP contribution < -0.4 is 0 Å². The molecule has 0 bridgehead atoms. The molecule has 4 nitrogen and oxygen atoms in total. The minimum absolute atomic E-state index is 0.193. The summed E-state index contributed by atoms with van der Waals surface area (Å²) >= 11 is 0. The number of ether oxygens (including phenoxy) is 1. The van der Waals surface area contributed by atoms with E-state index in [4.69, 9.17) is 4.74 Å². The van der Waals surface area contributed by atoms with Crippen molar-refractivity contribution in [1.82, 2.24) is 9.80 Å². The standard InChI is InChI=1S/C18H30N2O2/c1-3-19-11-12-22-16-14-20(10-7-15(16)13-19)17(21)18(2)8-5-4-6-9-18/h4-5,15-16H,3,6-14H2,1-2H3. The first-order chi connectivity index (χ1) is 10.6. The molecular weight excluding hydrogens is 276 g/mol. The van der Waals surface area contributed by atoms with Crippen LogP contribution in [0.25, 0.3) is 0 Å². The number of rotatable bonds is 2. The molecule has 1 aliphatic carbocycles. The van der Waals surface area contributed by atoms with Crippen molar-refractivity contribution >= 4 is 5.91 Å². The minimum Gasteiger partial charge on any atom is -0.375 e. The molecule has 0 radical (unpaired) electrons. The van der Waals surface area contributed by atoms with Crippen LogP contribution in [0, 0.1) is 11.3 Å². The van der Waals surface area contributed by atoms with Gasteiger partial charge in [0, 0.05) is 32.1 Å². The maximum atomic E-state index is 13.0. The van der Waals surface area contributed by atoms with Crippen LogP contribution in [-0.2, 0) is 9.53 Å².